The first-order chi connectivity index (χ1) is 5.90. The van der Waals surface area contributed by atoms with Gasteiger partial charge in [-0.25, -0.2) is 17.9 Å². The van der Waals surface area contributed by atoms with E-state index in [2.05, 4.69) is 0 Å². The molecule has 0 amide bonds. The molecule has 0 fully saturated rings. The summed E-state index contributed by atoms with van der Waals surface area (Å²) in [7, 11) is -3.67. The van der Waals surface area contributed by atoms with Crippen molar-refractivity contribution >= 4 is 21.6 Å². The summed E-state index contributed by atoms with van der Waals surface area (Å²) < 4.78 is 34.1. The lowest BCUT2D eigenvalue weighted by Gasteiger charge is -2.02. The predicted molar refractivity (Wildman–Crippen MR) is 48.2 cm³/mol. The lowest BCUT2D eigenvalue weighted by molar-refractivity contribution is 0.596. The van der Waals surface area contributed by atoms with Crippen LogP contribution in [0.1, 0.15) is 5.56 Å². The highest BCUT2D eigenvalue weighted by Gasteiger charge is 2.11. The summed E-state index contributed by atoms with van der Waals surface area (Å²) in [4.78, 5) is 0. The Kier molecular flexibility index (Phi) is 2.90. The van der Waals surface area contributed by atoms with Crippen molar-refractivity contribution in [2.45, 2.75) is 5.75 Å². The molecule has 0 saturated carbocycles. The molecule has 0 aliphatic rings. The third-order valence-electron chi connectivity index (χ3n) is 1.39. The molecular formula is C7H7ClFNO2S. The van der Waals surface area contributed by atoms with Crippen LogP contribution in [0.5, 0.6) is 0 Å². The van der Waals surface area contributed by atoms with Crippen LogP contribution >= 0.6 is 11.6 Å². The second kappa shape index (κ2) is 3.61. The fourth-order valence-corrected chi connectivity index (χ4v) is 1.82. The molecule has 2 N–H and O–H groups in total. The Balaban J connectivity index is 3.10. The maximum absolute atomic E-state index is 12.8. The molecule has 0 aromatic heterocycles. The number of nitrogens with two attached hydrogens (primary N) is 1. The second-order valence-electron chi connectivity index (χ2n) is 2.52. The molecule has 3 nitrogen and oxygen atoms in total. The van der Waals surface area contributed by atoms with Gasteiger partial charge in [0.1, 0.15) is 5.82 Å². The van der Waals surface area contributed by atoms with Crippen molar-refractivity contribution in [2.75, 3.05) is 0 Å². The van der Waals surface area contributed by atoms with E-state index >= 15 is 0 Å². The summed E-state index contributed by atoms with van der Waals surface area (Å²) >= 11 is 5.50. The van der Waals surface area contributed by atoms with Crippen LogP contribution in [0.25, 0.3) is 0 Å². The first-order valence-electron chi connectivity index (χ1n) is 3.33. The highest BCUT2D eigenvalue weighted by Crippen LogP contribution is 2.20. The van der Waals surface area contributed by atoms with E-state index in [1.165, 1.54) is 12.1 Å². The van der Waals surface area contributed by atoms with Gasteiger partial charge >= 0.3 is 0 Å². The van der Waals surface area contributed by atoms with Gasteiger partial charge in [0, 0.05) is 0 Å². The predicted octanol–water partition coefficient (Wildman–Crippen LogP) is 1.27. The summed E-state index contributed by atoms with van der Waals surface area (Å²) in [6.45, 7) is 0. The fraction of sp³-hybridized carbons (Fsp3) is 0.143. The van der Waals surface area contributed by atoms with E-state index < -0.39 is 21.6 Å². The van der Waals surface area contributed by atoms with E-state index in [1.54, 1.807) is 0 Å². The Morgan fingerprint density at radius 1 is 1.46 bits per heavy atom. The summed E-state index contributed by atoms with van der Waals surface area (Å²) in [5, 5.41) is 4.58. The summed E-state index contributed by atoms with van der Waals surface area (Å²) in [5.41, 5.74) is 0.171. The van der Waals surface area contributed by atoms with Crippen LogP contribution < -0.4 is 5.14 Å². The van der Waals surface area contributed by atoms with E-state index in [-0.39, 0.29) is 10.6 Å². The molecule has 13 heavy (non-hydrogen) atoms. The molecule has 0 saturated heterocycles. The van der Waals surface area contributed by atoms with Crippen molar-refractivity contribution < 1.29 is 12.8 Å². The van der Waals surface area contributed by atoms with Gasteiger partial charge in [0.25, 0.3) is 0 Å². The van der Waals surface area contributed by atoms with Gasteiger partial charge in [0.2, 0.25) is 10.0 Å². The average Bonchev–Trinajstić information content (AvgIpc) is 1.96. The van der Waals surface area contributed by atoms with Crippen molar-refractivity contribution in [3.8, 4) is 0 Å². The smallest absolute Gasteiger partial charge is 0.213 e. The maximum atomic E-state index is 12.8. The lowest BCUT2D eigenvalue weighted by Crippen LogP contribution is -2.14. The Labute approximate surface area is 80.4 Å². The van der Waals surface area contributed by atoms with Crippen LogP contribution in [0.4, 0.5) is 4.39 Å². The molecule has 0 atom stereocenters. The number of hydrogen-bond donors (Lipinski definition) is 1. The molecule has 1 aromatic rings. The van der Waals surface area contributed by atoms with Gasteiger partial charge in [0.05, 0.1) is 10.8 Å². The number of benzene rings is 1. The van der Waals surface area contributed by atoms with E-state index in [9.17, 15) is 12.8 Å². The van der Waals surface area contributed by atoms with Crippen molar-refractivity contribution in [3.05, 3.63) is 34.6 Å². The summed E-state index contributed by atoms with van der Waals surface area (Å²) in [5.74, 6) is -1.10. The minimum absolute atomic E-state index is 0.171. The van der Waals surface area contributed by atoms with Crippen molar-refractivity contribution in [2.24, 2.45) is 5.14 Å². The number of halogens is 2. The molecule has 0 radical (unpaired) electrons. The Morgan fingerprint density at radius 2 is 2.08 bits per heavy atom. The average molecular weight is 224 g/mol. The van der Waals surface area contributed by atoms with E-state index in [1.807, 2.05) is 0 Å². The van der Waals surface area contributed by atoms with Crippen LogP contribution in [0, 0.1) is 5.82 Å². The van der Waals surface area contributed by atoms with E-state index in [0.717, 1.165) is 6.07 Å². The zero-order valence-corrected chi connectivity index (χ0v) is 8.07. The second-order valence-corrected chi connectivity index (χ2v) is 4.51. The lowest BCUT2D eigenvalue weighted by atomic mass is 10.2. The van der Waals surface area contributed by atoms with Gasteiger partial charge in [0.15, 0.2) is 0 Å². The maximum Gasteiger partial charge on any atom is 0.213 e. The minimum Gasteiger partial charge on any atom is -0.228 e. The topological polar surface area (TPSA) is 60.2 Å². The van der Waals surface area contributed by atoms with Crippen molar-refractivity contribution in [1.29, 1.82) is 0 Å². The summed E-state index contributed by atoms with van der Waals surface area (Å²) in [6.07, 6.45) is 0. The largest absolute Gasteiger partial charge is 0.228 e. The minimum atomic E-state index is -3.67. The van der Waals surface area contributed by atoms with Crippen LogP contribution in [0.2, 0.25) is 5.02 Å². The highest BCUT2D eigenvalue weighted by atomic mass is 35.5. The third-order valence-corrected chi connectivity index (χ3v) is 2.52. The van der Waals surface area contributed by atoms with Crippen LogP contribution in [-0.4, -0.2) is 8.42 Å². The molecule has 0 spiro atoms. The number of primary sulfonamides is 1. The molecule has 6 heteroatoms. The number of sulfonamides is 1. The summed E-state index contributed by atoms with van der Waals surface area (Å²) in [6, 6.07) is 3.94. The van der Waals surface area contributed by atoms with Crippen LogP contribution in [0.3, 0.4) is 0 Å². The van der Waals surface area contributed by atoms with Crippen molar-refractivity contribution in [3.63, 3.8) is 0 Å². The quantitative estimate of drug-likeness (QED) is 0.821. The molecular weight excluding hydrogens is 217 g/mol. The fourth-order valence-electron chi connectivity index (χ4n) is 0.877. The highest BCUT2D eigenvalue weighted by molar-refractivity contribution is 7.88. The van der Waals surface area contributed by atoms with Gasteiger partial charge in [-0.2, -0.15) is 0 Å². The zero-order valence-electron chi connectivity index (χ0n) is 6.50. The Morgan fingerprint density at radius 3 is 2.62 bits per heavy atom. The zero-order chi connectivity index (χ0) is 10.1. The molecule has 0 heterocycles. The van der Waals surface area contributed by atoms with Gasteiger partial charge in [-0.1, -0.05) is 23.7 Å². The van der Waals surface area contributed by atoms with E-state index in [0.29, 0.717) is 0 Å². The third kappa shape index (κ3) is 2.95. The first kappa shape index (κ1) is 10.4. The Bertz CT molecular complexity index is 419. The molecule has 72 valence electrons. The molecule has 1 rings (SSSR count). The normalized spacial score (nSPS) is 11.6. The number of hydrogen-bond acceptors (Lipinski definition) is 2. The molecule has 1 aromatic carbocycles. The Hall–Kier alpha value is -0.650. The van der Waals surface area contributed by atoms with E-state index in [4.69, 9.17) is 16.7 Å². The number of rotatable bonds is 2. The molecule has 0 bridgehead atoms. The van der Waals surface area contributed by atoms with Gasteiger partial charge in [-0.15, -0.1) is 0 Å². The van der Waals surface area contributed by atoms with Gasteiger partial charge in [-0.05, 0) is 11.6 Å². The van der Waals surface area contributed by atoms with Gasteiger partial charge < -0.3 is 0 Å². The van der Waals surface area contributed by atoms with Crippen molar-refractivity contribution in [1.82, 2.24) is 0 Å². The first-order valence-corrected chi connectivity index (χ1v) is 5.43. The van der Waals surface area contributed by atoms with Crippen LogP contribution in [0.15, 0.2) is 18.2 Å². The van der Waals surface area contributed by atoms with Crippen LogP contribution in [-0.2, 0) is 15.8 Å². The standard InChI is InChI=1S/C7H7ClFNO2S/c8-7-5(4-13(10,11)12)2-1-3-6(7)9/h1-3H,4H2,(H2,10,11,12). The monoisotopic (exact) mass is 223 g/mol. The SMILES string of the molecule is NS(=O)(=O)Cc1cccc(F)c1Cl. The molecule has 0 aliphatic heterocycles. The molecule has 0 aliphatic carbocycles. The molecule has 0 unspecified atom stereocenters. The van der Waals surface area contributed by atoms with Gasteiger partial charge in [-0.3, -0.25) is 0 Å².